The molecular weight excluding hydrogens is 353 g/mol. The minimum Gasteiger partial charge on any atom is -0.493 e. The van der Waals surface area contributed by atoms with Gasteiger partial charge in [-0.05, 0) is 50.6 Å². The van der Waals surface area contributed by atoms with Crippen LogP contribution in [0.3, 0.4) is 0 Å². The first-order valence-electron chi connectivity index (χ1n) is 8.99. The lowest BCUT2D eigenvalue weighted by Gasteiger charge is -2.27. The molecule has 0 saturated carbocycles. The second kappa shape index (κ2) is 12.1. The van der Waals surface area contributed by atoms with Crippen molar-refractivity contribution >= 4 is 8.60 Å². The summed E-state index contributed by atoms with van der Waals surface area (Å²) < 4.78 is 15.0. The Hall–Kier alpha value is -1.33. The van der Waals surface area contributed by atoms with E-state index in [4.69, 9.17) is 23.8 Å². The van der Waals surface area contributed by atoms with Gasteiger partial charge in [0, 0.05) is 12.5 Å². The van der Waals surface area contributed by atoms with Gasteiger partial charge in [-0.3, -0.25) is 4.90 Å². The van der Waals surface area contributed by atoms with Gasteiger partial charge in [0.1, 0.15) is 5.76 Å². The molecule has 0 bridgehead atoms. The SMILES string of the molecule is CC.CN1CCC2CCC(OP(O)O)=CC21.COc1ccccc1OC. The van der Waals surface area contributed by atoms with Crippen LogP contribution < -0.4 is 9.47 Å². The van der Waals surface area contributed by atoms with Crippen LogP contribution in [0.5, 0.6) is 11.5 Å². The minimum absolute atomic E-state index is 0.439. The Balaban J connectivity index is 0.000000249. The van der Waals surface area contributed by atoms with Crippen LogP contribution in [0, 0.1) is 5.92 Å². The second-order valence-corrected chi connectivity index (χ2v) is 6.58. The fourth-order valence-corrected chi connectivity index (χ4v) is 3.56. The fourth-order valence-electron chi connectivity index (χ4n) is 3.20. The summed E-state index contributed by atoms with van der Waals surface area (Å²) >= 11 is 0. The number of nitrogens with zero attached hydrogens (tertiary/aromatic N) is 1. The minimum atomic E-state index is -2.24. The number of rotatable bonds is 4. The van der Waals surface area contributed by atoms with Crippen molar-refractivity contribution in [1.29, 1.82) is 0 Å². The molecule has 1 saturated heterocycles. The lowest BCUT2D eigenvalue weighted by atomic mass is 9.89. The van der Waals surface area contributed by atoms with E-state index in [1.54, 1.807) is 14.2 Å². The van der Waals surface area contributed by atoms with Crippen LogP contribution in [-0.4, -0.2) is 48.5 Å². The summed E-state index contributed by atoms with van der Waals surface area (Å²) in [6, 6.07) is 7.97. The molecule has 1 fully saturated rings. The van der Waals surface area contributed by atoms with Gasteiger partial charge in [0.05, 0.1) is 14.2 Å². The number of fused-ring (bicyclic) bond motifs is 1. The van der Waals surface area contributed by atoms with Crippen LogP contribution >= 0.6 is 8.60 Å². The van der Waals surface area contributed by atoms with E-state index in [1.165, 1.54) is 6.42 Å². The molecule has 0 spiro atoms. The molecule has 26 heavy (non-hydrogen) atoms. The molecule has 2 N–H and O–H groups in total. The molecule has 2 unspecified atom stereocenters. The first kappa shape index (κ1) is 22.7. The van der Waals surface area contributed by atoms with Crippen LogP contribution in [0.1, 0.15) is 33.1 Å². The van der Waals surface area contributed by atoms with Gasteiger partial charge in [-0.15, -0.1) is 0 Å². The van der Waals surface area contributed by atoms with Crippen molar-refractivity contribution in [2.75, 3.05) is 27.8 Å². The Kier molecular flexibility index (Phi) is 10.6. The Bertz CT molecular complexity index is 529. The zero-order valence-electron chi connectivity index (χ0n) is 16.4. The number of likely N-dealkylation sites (N-methyl/N-ethyl adjacent to an activating group) is 1. The van der Waals surface area contributed by atoms with Gasteiger partial charge in [-0.1, -0.05) is 26.0 Å². The third-order valence-corrected chi connectivity index (χ3v) is 4.85. The Morgan fingerprint density at radius 1 is 1.04 bits per heavy atom. The highest BCUT2D eigenvalue weighted by molar-refractivity contribution is 7.39. The van der Waals surface area contributed by atoms with Gasteiger partial charge in [-0.2, -0.15) is 0 Å². The van der Waals surface area contributed by atoms with Crippen molar-refractivity contribution in [1.82, 2.24) is 4.90 Å². The smallest absolute Gasteiger partial charge is 0.391 e. The lowest BCUT2D eigenvalue weighted by Crippen LogP contribution is -2.30. The summed E-state index contributed by atoms with van der Waals surface area (Å²) in [6.45, 7) is 5.13. The number of benzene rings is 1. The van der Waals surface area contributed by atoms with Crippen LogP contribution in [-0.2, 0) is 4.52 Å². The normalized spacial score (nSPS) is 21.5. The fraction of sp³-hybridized carbons (Fsp3) is 0.579. The molecule has 1 aliphatic carbocycles. The summed E-state index contributed by atoms with van der Waals surface area (Å²) in [5, 5.41) is 0. The van der Waals surface area contributed by atoms with E-state index < -0.39 is 8.60 Å². The highest BCUT2D eigenvalue weighted by Gasteiger charge is 2.33. The number of allylic oxidation sites excluding steroid dienone is 1. The van der Waals surface area contributed by atoms with Gasteiger partial charge < -0.3 is 23.8 Å². The third-order valence-electron chi connectivity index (χ3n) is 4.45. The molecule has 7 heteroatoms. The first-order chi connectivity index (χ1) is 12.5. The molecule has 1 aromatic rings. The highest BCUT2D eigenvalue weighted by Crippen LogP contribution is 2.38. The Labute approximate surface area is 158 Å². The van der Waals surface area contributed by atoms with Crippen molar-refractivity contribution in [2.24, 2.45) is 5.92 Å². The molecule has 1 aliphatic heterocycles. The predicted octanol–water partition coefficient (Wildman–Crippen LogP) is 3.94. The average molecular weight is 385 g/mol. The second-order valence-electron chi connectivity index (χ2n) is 5.89. The summed E-state index contributed by atoms with van der Waals surface area (Å²) in [5.74, 6) is 3.02. The number of ether oxygens (including phenoxy) is 2. The topological polar surface area (TPSA) is 71.4 Å². The van der Waals surface area contributed by atoms with E-state index in [-0.39, 0.29) is 0 Å². The van der Waals surface area contributed by atoms with Gasteiger partial charge in [-0.25, -0.2) is 0 Å². The van der Waals surface area contributed by atoms with E-state index in [2.05, 4.69) is 11.9 Å². The predicted molar refractivity (Wildman–Crippen MR) is 105 cm³/mol. The van der Waals surface area contributed by atoms with Crippen molar-refractivity contribution in [3.8, 4) is 11.5 Å². The van der Waals surface area contributed by atoms with Crippen molar-refractivity contribution < 1.29 is 23.8 Å². The van der Waals surface area contributed by atoms with E-state index >= 15 is 0 Å². The largest absolute Gasteiger partial charge is 0.493 e. The number of methoxy groups -OCH3 is 2. The first-order valence-corrected chi connectivity index (χ1v) is 10.2. The molecule has 148 valence electrons. The number of likely N-dealkylation sites (tertiary alicyclic amines) is 1. The molecule has 2 atom stereocenters. The quantitative estimate of drug-likeness (QED) is 0.765. The molecule has 0 radical (unpaired) electrons. The summed E-state index contributed by atoms with van der Waals surface area (Å²) in [7, 11) is 3.11. The Morgan fingerprint density at radius 2 is 1.62 bits per heavy atom. The van der Waals surface area contributed by atoms with Crippen molar-refractivity contribution in [3.05, 3.63) is 36.1 Å². The highest BCUT2D eigenvalue weighted by atomic mass is 31.2. The monoisotopic (exact) mass is 385 g/mol. The van der Waals surface area contributed by atoms with E-state index in [9.17, 15) is 0 Å². The molecule has 2 aliphatic rings. The van der Waals surface area contributed by atoms with Gasteiger partial charge in [0.25, 0.3) is 0 Å². The van der Waals surface area contributed by atoms with Crippen LogP contribution in [0.15, 0.2) is 36.1 Å². The van der Waals surface area contributed by atoms with Crippen molar-refractivity contribution in [3.63, 3.8) is 0 Å². The number of para-hydroxylation sites is 2. The van der Waals surface area contributed by atoms with Crippen LogP contribution in [0.25, 0.3) is 0 Å². The molecule has 1 aromatic carbocycles. The molecule has 3 rings (SSSR count). The molecule has 0 aromatic heterocycles. The van der Waals surface area contributed by atoms with Crippen LogP contribution in [0.2, 0.25) is 0 Å². The van der Waals surface area contributed by atoms with E-state index in [1.807, 2.05) is 44.2 Å². The number of hydrogen-bond acceptors (Lipinski definition) is 6. The molecule has 6 nitrogen and oxygen atoms in total. The maximum absolute atomic E-state index is 8.75. The van der Waals surface area contributed by atoms with Crippen LogP contribution in [0.4, 0.5) is 0 Å². The zero-order valence-corrected chi connectivity index (χ0v) is 17.3. The molecule has 1 heterocycles. The molecular formula is C19H32NO5P. The van der Waals surface area contributed by atoms with Crippen molar-refractivity contribution in [2.45, 2.75) is 39.2 Å². The molecule has 0 amide bonds. The van der Waals surface area contributed by atoms with E-state index in [0.29, 0.717) is 6.04 Å². The van der Waals surface area contributed by atoms with Gasteiger partial charge in [0.15, 0.2) is 11.5 Å². The summed E-state index contributed by atoms with van der Waals surface area (Å²) in [4.78, 5) is 19.8. The van der Waals surface area contributed by atoms with Gasteiger partial charge >= 0.3 is 8.60 Å². The standard InChI is InChI=1S/C9H16NO3P.C8H10O2.C2H6/c1-10-5-4-7-2-3-8(6-9(7)10)13-14(11)12;1-9-7-5-3-4-6-8(7)10-2;1-2/h6-7,9,11-12H,2-5H2,1H3;3-6H,1-2H3;1-2H3. The Morgan fingerprint density at radius 3 is 2.12 bits per heavy atom. The van der Waals surface area contributed by atoms with E-state index in [0.717, 1.165) is 42.6 Å². The maximum Gasteiger partial charge on any atom is 0.391 e. The third kappa shape index (κ3) is 6.76. The summed E-state index contributed by atoms with van der Waals surface area (Å²) in [5.41, 5.74) is 0. The zero-order chi connectivity index (χ0) is 19.5. The summed E-state index contributed by atoms with van der Waals surface area (Å²) in [6.07, 6.45) is 5.24. The average Bonchev–Trinajstić information content (AvgIpc) is 3.04. The maximum atomic E-state index is 8.75. The number of hydrogen-bond donors (Lipinski definition) is 2. The lowest BCUT2D eigenvalue weighted by molar-refractivity contribution is 0.255. The van der Waals surface area contributed by atoms with Gasteiger partial charge in [0.2, 0.25) is 0 Å².